The Morgan fingerprint density at radius 2 is 1.89 bits per heavy atom. The molecule has 4 N–H and O–H groups in total. The van der Waals surface area contributed by atoms with Crippen LogP contribution in [0.5, 0.6) is 0 Å². The second-order valence-electron chi connectivity index (χ2n) is 4.67. The van der Waals surface area contributed by atoms with Crippen LogP contribution in [0.25, 0.3) is 0 Å². The highest BCUT2D eigenvalue weighted by atomic mass is 16.5. The number of carbonyl (C=O) groups excluding carboxylic acids is 2. The maximum atomic E-state index is 11.9. The van der Waals surface area contributed by atoms with Gasteiger partial charge in [0.2, 0.25) is 5.91 Å². The van der Waals surface area contributed by atoms with Crippen LogP contribution in [0.3, 0.4) is 0 Å². The van der Waals surface area contributed by atoms with E-state index < -0.39 is 30.4 Å². The molecule has 3 atom stereocenters. The number of amides is 3. The van der Waals surface area contributed by atoms with Gasteiger partial charge in [-0.1, -0.05) is 0 Å². The van der Waals surface area contributed by atoms with Crippen molar-refractivity contribution in [2.24, 2.45) is 5.73 Å². The number of morpholine rings is 1. The highest BCUT2D eigenvalue weighted by Gasteiger charge is 2.29. The Balaban J connectivity index is 2.61. The first-order chi connectivity index (χ1) is 8.79. The van der Waals surface area contributed by atoms with E-state index in [9.17, 15) is 14.4 Å². The van der Waals surface area contributed by atoms with Crippen molar-refractivity contribution >= 4 is 17.9 Å². The highest BCUT2D eigenvalue weighted by Crippen LogP contribution is 2.10. The van der Waals surface area contributed by atoms with Gasteiger partial charge in [-0.05, 0) is 13.8 Å². The van der Waals surface area contributed by atoms with Crippen LogP contribution >= 0.6 is 0 Å². The molecule has 1 unspecified atom stereocenters. The number of nitrogens with two attached hydrogens (primary N) is 1. The van der Waals surface area contributed by atoms with Crippen molar-refractivity contribution in [3.05, 3.63) is 0 Å². The minimum atomic E-state index is -1.31. The van der Waals surface area contributed by atoms with E-state index in [1.807, 2.05) is 13.8 Å². The monoisotopic (exact) mass is 273 g/mol. The van der Waals surface area contributed by atoms with Crippen molar-refractivity contribution in [1.29, 1.82) is 0 Å². The fraction of sp³-hybridized carbons (Fsp3) is 0.727. The number of ether oxygens (including phenoxy) is 1. The summed E-state index contributed by atoms with van der Waals surface area (Å²) >= 11 is 0. The molecule has 19 heavy (non-hydrogen) atoms. The van der Waals surface area contributed by atoms with E-state index in [2.05, 4.69) is 5.32 Å². The van der Waals surface area contributed by atoms with Gasteiger partial charge < -0.3 is 25.8 Å². The number of hydrogen-bond donors (Lipinski definition) is 3. The number of carboxylic acids is 1. The lowest BCUT2D eigenvalue weighted by atomic mass is 10.2. The molecule has 0 spiro atoms. The predicted molar refractivity (Wildman–Crippen MR) is 65.3 cm³/mol. The van der Waals surface area contributed by atoms with Crippen LogP contribution in [0.1, 0.15) is 20.3 Å². The predicted octanol–water partition coefficient (Wildman–Crippen LogP) is -0.866. The third-order valence-electron chi connectivity index (χ3n) is 2.71. The SMILES string of the molecule is C[C@@H]1CN(C(=O)NC(CC(N)=O)C(=O)O)C[C@H](C)O1. The first-order valence-corrected chi connectivity index (χ1v) is 6.01. The first kappa shape index (κ1) is 15.2. The minimum absolute atomic E-state index is 0.117. The molecule has 1 heterocycles. The molecule has 108 valence electrons. The van der Waals surface area contributed by atoms with Crippen molar-refractivity contribution in [2.75, 3.05) is 13.1 Å². The number of primary amides is 1. The summed E-state index contributed by atoms with van der Waals surface area (Å²) in [7, 11) is 0. The van der Waals surface area contributed by atoms with E-state index in [0.717, 1.165) is 0 Å². The lowest BCUT2D eigenvalue weighted by molar-refractivity contribution is -0.141. The Morgan fingerprint density at radius 3 is 2.32 bits per heavy atom. The molecule has 1 aliphatic heterocycles. The Bertz CT molecular complexity index is 363. The van der Waals surface area contributed by atoms with Gasteiger partial charge in [0.15, 0.2) is 0 Å². The maximum Gasteiger partial charge on any atom is 0.326 e. The van der Waals surface area contributed by atoms with E-state index in [1.165, 1.54) is 4.90 Å². The van der Waals surface area contributed by atoms with Crippen LogP contribution in [0, 0.1) is 0 Å². The van der Waals surface area contributed by atoms with Gasteiger partial charge in [0.25, 0.3) is 0 Å². The largest absolute Gasteiger partial charge is 0.480 e. The average molecular weight is 273 g/mol. The standard InChI is InChI=1S/C11H19N3O5/c1-6-4-14(5-7(2)19-6)11(18)13-8(10(16)17)3-9(12)15/h6-8H,3-5H2,1-2H3,(H2,12,15)(H,13,18)(H,16,17)/t6-,7+,8?. The highest BCUT2D eigenvalue weighted by molar-refractivity contribution is 5.87. The van der Waals surface area contributed by atoms with Gasteiger partial charge in [0, 0.05) is 13.1 Å². The summed E-state index contributed by atoms with van der Waals surface area (Å²) < 4.78 is 5.47. The van der Waals surface area contributed by atoms with Crippen LogP contribution in [0.2, 0.25) is 0 Å². The molecule has 1 fully saturated rings. The number of nitrogens with zero attached hydrogens (tertiary/aromatic N) is 1. The number of hydrogen-bond acceptors (Lipinski definition) is 4. The smallest absolute Gasteiger partial charge is 0.326 e. The Labute approximate surface area is 110 Å². The fourth-order valence-corrected chi connectivity index (χ4v) is 1.99. The zero-order valence-corrected chi connectivity index (χ0v) is 11.0. The molecular formula is C11H19N3O5. The van der Waals surface area contributed by atoms with Crippen molar-refractivity contribution in [1.82, 2.24) is 10.2 Å². The zero-order chi connectivity index (χ0) is 14.6. The topological polar surface area (TPSA) is 122 Å². The van der Waals surface area contributed by atoms with Gasteiger partial charge in [-0.2, -0.15) is 0 Å². The molecule has 0 aliphatic carbocycles. The Morgan fingerprint density at radius 1 is 1.37 bits per heavy atom. The number of carbonyl (C=O) groups is 3. The second kappa shape index (κ2) is 6.37. The van der Waals surface area contributed by atoms with Crippen molar-refractivity contribution in [2.45, 2.75) is 38.5 Å². The van der Waals surface area contributed by atoms with E-state index in [4.69, 9.17) is 15.6 Å². The number of urea groups is 1. The van der Waals surface area contributed by atoms with Crippen molar-refractivity contribution < 1.29 is 24.2 Å². The molecule has 0 aromatic carbocycles. The van der Waals surface area contributed by atoms with Gasteiger partial charge >= 0.3 is 12.0 Å². The van der Waals surface area contributed by atoms with Crippen LogP contribution < -0.4 is 11.1 Å². The number of nitrogens with one attached hydrogen (secondary N) is 1. The van der Waals surface area contributed by atoms with Crippen LogP contribution in [0.15, 0.2) is 0 Å². The van der Waals surface area contributed by atoms with Gasteiger partial charge in [0.1, 0.15) is 6.04 Å². The third kappa shape index (κ3) is 4.74. The normalized spacial score (nSPS) is 24.6. The molecule has 8 nitrogen and oxygen atoms in total. The van der Waals surface area contributed by atoms with Gasteiger partial charge in [0.05, 0.1) is 18.6 Å². The molecule has 0 bridgehead atoms. The van der Waals surface area contributed by atoms with E-state index in [1.54, 1.807) is 0 Å². The summed E-state index contributed by atoms with van der Waals surface area (Å²) in [6.07, 6.45) is -0.667. The number of aliphatic carboxylic acids is 1. The van der Waals surface area contributed by atoms with Crippen molar-refractivity contribution in [3.63, 3.8) is 0 Å². The first-order valence-electron chi connectivity index (χ1n) is 6.01. The molecular weight excluding hydrogens is 254 g/mol. The summed E-state index contributed by atoms with van der Waals surface area (Å²) in [5.74, 6) is -2.07. The molecule has 1 saturated heterocycles. The lowest BCUT2D eigenvalue weighted by Crippen LogP contribution is -2.55. The van der Waals surface area contributed by atoms with Crippen LogP contribution in [-0.4, -0.2) is 59.3 Å². The quantitative estimate of drug-likeness (QED) is 0.615. The van der Waals surface area contributed by atoms with Crippen LogP contribution in [-0.2, 0) is 14.3 Å². The molecule has 0 radical (unpaired) electrons. The summed E-state index contributed by atoms with van der Waals surface area (Å²) in [6, 6.07) is -1.84. The number of carboxylic acid groups (broad SMARTS) is 1. The summed E-state index contributed by atoms with van der Waals surface area (Å²) in [5.41, 5.74) is 4.94. The molecule has 8 heteroatoms. The Hall–Kier alpha value is -1.83. The van der Waals surface area contributed by atoms with E-state index in [-0.39, 0.29) is 12.2 Å². The molecule has 0 aromatic rings. The van der Waals surface area contributed by atoms with Gasteiger partial charge in [-0.25, -0.2) is 9.59 Å². The second-order valence-corrected chi connectivity index (χ2v) is 4.67. The fourth-order valence-electron chi connectivity index (χ4n) is 1.99. The van der Waals surface area contributed by atoms with Gasteiger partial charge in [-0.15, -0.1) is 0 Å². The summed E-state index contributed by atoms with van der Waals surface area (Å²) in [5, 5.41) is 11.2. The Kier molecular flexibility index (Phi) is 5.11. The molecule has 0 saturated carbocycles. The van der Waals surface area contributed by atoms with E-state index >= 15 is 0 Å². The molecule has 1 rings (SSSR count). The lowest BCUT2D eigenvalue weighted by Gasteiger charge is -2.35. The van der Waals surface area contributed by atoms with E-state index in [0.29, 0.717) is 13.1 Å². The van der Waals surface area contributed by atoms with Crippen molar-refractivity contribution in [3.8, 4) is 0 Å². The van der Waals surface area contributed by atoms with Gasteiger partial charge in [-0.3, -0.25) is 4.79 Å². The summed E-state index contributed by atoms with van der Waals surface area (Å²) in [6.45, 7) is 4.40. The minimum Gasteiger partial charge on any atom is -0.480 e. The molecule has 1 aliphatic rings. The zero-order valence-electron chi connectivity index (χ0n) is 11.0. The summed E-state index contributed by atoms with van der Waals surface area (Å²) in [4.78, 5) is 35.1. The van der Waals surface area contributed by atoms with Crippen LogP contribution in [0.4, 0.5) is 4.79 Å². The maximum absolute atomic E-state index is 11.9. The average Bonchev–Trinajstić information content (AvgIpc) is 2.25. The number of rotatable bonds is 4. The molecule has 0 aromatic heterocycles. The third-order valence-corrected chi connectivity index (χ3v) is 2.71. The molecule has 3 amide bonds.